The average Bonchev–Trinajstić information content (AvgIpc) is 2.84. The number of rotatable bonds is 10. The Morgan fingerprint density at radius 2 is 1.66 bits per heavy atom. The summed E-state index contributed by atoms with van der Waals surface area (Å²) < 4.78 is 53.3. The number of hydrogen-bond donors (Lipinski definition) is 1. The summed E-state index contributed by atoms with van der Waals surface area (Å²) in [5.74, 6) is -2.80. The Morgan fingerprint density at radius 1 is 1.06 bits per heavy atom. The molecule has 0 aromatic heterocycles. The van der Waals surface area contributed by atoms with Gasteiger partial charge < -0.3 is 14.6 Å². The van der Waals surface area contributed by atoms with Gasteiger partial charge in [-0.1, -0.05) is 50.6 Å². The van der Waals surface area contributed by atoms with Crippen molar-refractivity contribution < 1.29 is 27.8 Å². The molecule has 1 aromatic carbocycles. The van der Waals surface area contributed by atoms with E-state index < -0.39 is 17.5 Å². The van der Waals surface area contributed by atoms with Crippen LogP contribution in [0.1, 0.15) is 44.1 Å². The van der Waals surface area contributed by atoms with E-state index in [1.807, 2.05) is 6.92 Å². The molecule has 1 fully saturated rings. The number of aliphatic hydroxyl groups is 1. The number of hydrogen-bond acceptors (Lipinski definition) is 3. The highest BCUT2D eigenvalue weighted by atomic mass is 19.2. The first-order valence-corrected chi connectivity index (χ1v) is 11.3. The molecule has 1 N–H and O–H groups in total. The van der Waals surface area contributed by atoms with Crippen LogP contribution in [0, 0.1) is 11.6 Å². The van der Waals surface area contributed by atoms with E-state index in [0.717, 1.165) is 6.08 Å². The second kappa shape index (κ2) is 14.9. The SMILES string of the molecule is C=C(/C=C\C(=C)C(=C)/C(F)=C\C(=C)OC)COc1ccc(C2CCC(O)CC2)c(F)c1F.C=CC. The first-order chi connectivity index (χ1) is 16.5. The molecule has 1 saturated carbocycles. The zero-order valence-corrected chi connectivity index (χ0v) is 20.6. The molecule has 1 aliphatic rings. The number of halogens is 3. The van der Waals surface area contributed by atoms with Crippen molar-refractivity contribution in [3.63, 3.8) is 0 Å². The fourth-order valence-corrected chi connectivity index (χ4v) is 3.34. The normalized spacial score (nSPS) is 17.7. The number of benzene rings is 1. The van der Waals surface area contributed by atoms with Gasteiger partial charge in [-0.25, -0.2) is 8.78 Å². The van der Waals surface area contributed by atoms with Crippen LogP contribution in [0.5, 0.6) is 5.75 Å². The highest BCUT2D eigenvalue weighted by Gasteiger charge is 2.25. The highest BCUT2D eigenvalue weighted by molar-refractivity contribution is 5.48. The number of ether oxygens (including phenoxy) is 2. The van der Waals surface area contributed by atoms with Crippen molar-refractivity contribution in [1.29, 1.82) is 0 Å². The van der Waals surface area contributed by atoms with E-state index in [0.29, 0.717) is 42.4 Å². The monoisotopic (exact) mass is 488 g/mol. The molecule has 2 rings (SSSR count). The standard InChI is InChI=1S/C26H29F3O3.C3H6/c1-16(6-7-17(2)19(4)23(27)14-18(3)31-5)15-32-24-13-12-22(25(28)26(24)29)20-8-10-21(30)11-9-20;1-3-2/h6-7,12-14,20-21,30H,1-4,8-11,15H2,5H3;3H,1H2,2H3/b7-6-,23-14+;. The van der Waals surface area contributed by atoms with Crippen LogP contribution >= 0.6 is 0 Å². The van der Waals surface area contributed by atoms with Crippen molar-refractivity contribution in [2.24, 2.45) is 0 Å². The maximum atomic E-state index is 14.6. The van der Waals surface area contributed by atoms with E-state index >= 15 is 0 Å². The van der Waals surface area contributed by atoms with Gasteiger partial charge in [0.2, 0.25) is 5.82 Å². The Kier molecular flexibility index (Phi) is 12.7. The smallest absolute Gasteiger partial charge is 0.200 e. The zero-order valence-electron chi connectivity index (χ0n) is 20.6. The Balaban J connectivity index is 0.00000194. The highest BCUT2D eigenvalue weighted by Crippen LogP contribution is 2.36. The molecule has 0 amide bonds. The molecule has 0 bridgehead atoms. The largest absolute Gasteiger partial charge is 0.497 e. The second-order valence-electron chi connectivity index (χ2n) is 8.14. The molecule has 0 radical (unpaired) electrons. The van der Waals surface area contributed by atoms with E-state index in [-0.39, 0.29) is 35.7 Å². The minimum atomic E-state index is -1.05. The van der Waals surface area contributed by atoms with Crippen LogP contribution in [0.25, 0.3) is 0 Å². The summed E-state index contributed by atoms with van der Waals surface area (Å²) in [6.45, 7) is 19.8. The van der Waals surface area contributed by atoms with Crippen molar-refractivity contribution in [2.75, 3.05) is 13.7 Å². The Hall–Kier alpha value is -3.25. The van der Waals surface area contributed by atoms with E-state index in [2.05, 4.69) is 32.9 Å². The van der Waals surface area contributed by atoms with Crippen LogP contribution in [-0.4, -0.2) is 24.9 Å². The molecule has 1 aliphatic carbocycles. The van der Waals surface area contributed by atoms with Crippen LogP contribution in [0.2, 0.25) is 0 Å². The minimum Gasteiger partial charge on any atom is -0.497 e. The summed E-state index contributed by atoms with van der Waals surface area (Å²) in [5.41, 5.74) is 1.09. The molecule has 0 saturated heterocycles. The molecule has 35 heavy (non-hydrogen) atoms. The topological polar surface area (TPSA) is 38.7 Å². The van der Waals surface area contributed by atoms with Crippen LogP contribution < -0.4 is 4.74 Å². The second-order valence-corrected chi connectivity index (χ2v) is 8.14. The van der Waals surface area contributed by atoms with Crippen molar-refractivity contribution in [1.82, 2.24) is 0 Å². The predicted molar refractivity (Wildman–Crippen MR) is 137 cm³/mol. The first kappa shape index (κ1) is 29.8. The van der Waals surface area contributed by atoms with E-state index in [1.165, 1.54) is 31.4 Å². The number of aliphatic hydroxyl groups excluding tert-OH is 1. The van der Waals surface area contributed by atoms with Crippen molar-refractivity contribution in [3.05, 3.63) is 115 Å². The van der Waals surface area contributed by atoms with Gasteiger partial charge in [0.05, 0.1) is 13.2 Å². The van der Waals surface area contributed by atoms with Crippen molar-refractivity contribution >= 4 is 0 Å². The fourth-order valence-electron chi connectivity index (χ4n) is 3.34. The molecule has 6 heteroatoms. The lowest BCUT2D eigenvalue weighted by atomic mass is 9.82. The summed E-state index contributed by atoms with van der Waals surface area (Å²) in [7, 11) is 1.37. The van der Waals surface area contributed by atoms with Crippen LogP contribution in [0.3, 0.4) is 0 Å². The lowest BCUT2D eigenvalue weighted by Crippen LogP contribution is -2.18. The minimum absolute atomic E-state index is 0.0482. The first-order valence-electron chi connectivity index (χ1n) is 11.3. The summed E-state index contributed by atoms with van der Waals surface area (Å²) in [4.78, 5) is 0. The molecule has 0 unspecified atom stereocenters. The third-order valence-corrected chi connectivity index (χ3v) is 5.37. The Morgan fingerprint density at radius 3 is 2.23 bits per heavy atom. The molecular formula is C29H35F3O3. The lowest BCUT2D eigenvalue weighted by molar-refractivity contribution is 0.122. The quantitative estimate of drug-likeness (QED) is 0.208. The summed E-state index contributed by atoms with van der Waals surface area (Å²) in [6.07, 6.45) is 7.88. The summed E-state index contributed by atoms with van der Waals surface area (Å²) >= 11 is 0. The van der Waals surface area contributed by atoms with Gasteiger partial charge in [-0.05, 0) is 61.3 Å². The van der Waals surface area contributed by atoms with Gasteiger partial charge in [0.25, 0.3) is 0 Å². The van der Waals surface area contributed by atoms with Crippen molar-refractivity contribution in [3.8, 4) is 5.75 Å². The fraction of sp³-hybridized carbons (Fsp3) is 0.310. The number of methoxy groups -OCH3 is 1. The zero-order chi connectivity index (χ0) is 26.5. The van der Waals surface area contributed by atoms with Gasteiger partial charge in [0.15, 0.2) is 11.6 Å². The number of allylic oxidation sites excluding steroid dienone is 6. The van der Waals surface area contributed by atoms with Crippen molar-refractivity contribution in [2.45, 2.75) is 44.6 Å². The maximum absolute atomic E-state index is 14.6. The Labute approximate surface area is 207 Å². The van der Waals surface area contributed by atoms with Crippen LogP contribution in [0.15, 0.2) is 97.6 Å². The van der Waals surface area contributed by atoms with Crippen LogP contribution in [-0.2, 0) is 4.74 Å². The molecule has 3 nitrogen and oxygen atoms in total. The third-order valence-electron chi connectivity index (χ3n) is 5.37. The molecule has 1 aromatic rings. The van der Waals surface area contributed by atoms with Gasteiger partial charge in [-0.3, -0.25) is 0 Å². The maximum Gasteiger partial charge on any atom is 0.200 e. The lowest BCUT2D eigenvalue weighted by Gasteiger charge is -2.26. The van der Waals surface area contributed by atoms with Crippen LogP contribution in [0.4, 0.5) is 13.2 Å². The van der Waals surface area contributed by atoms with Gasteiger partial charge in [0, 0.05) is 11.6 Å². The van der Waals surface area contributed by atoms with Gasteiger partial charge >= 0.3 is 0 Å². The average molecular weight is 489 g/mol. The third kappa shape index (κ3) is 9.49. The van der Waals surface area contributed by atoms with Gasteiger partial charge in [-0.2, -0.15) is 4.39 Å². The Bertz CT molecular complexity index is 997. The molecule has 190 valence electrons. The molecular weight excluding hydrogens is 453 g/mol. The van der Waals surface area contributed by atoms with E-state index in [1.54, 1.807) is 6.08 Å². The van der Waals surface area contributed by atoms with Gasteiger partial charge in [0.1, 0.15) is 18.2 Å². The molecule has 0 aliphatic heterocycles. The molecule has 0 spiro atoms. The molecule has 0 atom stereocenters. The summed E-state index contributed by atoms with van der Waals surface area (Å²) in [6, 6.07) is 2.93. The molecule has 0 heterocycles. The summed E-state index contributed by atoms with van der Waals surface area (Å²) in [5, 5.41) is 9.60. The predicted octanol–water partition coefficient (Wildman–Crippen LogP) is 7.79. The van der Waals surface area contributed by atoms with E-state index in [9.17, 15) is 18.3 Å². The van der Waals surface area contributed by atoms with Gasteiger partial charge in [-0.15, -0.1) is 6.58 Å². The van der Waals surface area contributed by atoms with E-state index in [4.69, 9.17) is 9.47 Å².